The van der Waals surface area contributed by atoms with Crippen LogP contribution in [0.3, 0.4) is 0 Å². The van der Waals surface area contributed by atoms with Gasteiger partial charge in [0, 0.05) is 22.1 Å². The molecular formula is C20H20N6. The lowest BCUT2D eigenvalue weighted by atomic mass is 9.89. The molecule has 0 aliphatic rings. The first-order chi connectivity index (χ1) is 12.5. The van der Waals surface area contributed by atoms with E-state index in [2.05, 4.69) is 35.8 Å². The summed E-state index contributed by atoms with van der Waals surface area (Å²) in [4.78, 5) is 7.54. The first-order valence-corrected chi connectivity index (χ1v) is 8.34. The quantitative estimate of drug-likeness (QED) is 0.252. The minimum absolute atomic E-state index is 0.238. The second kappa shape index (κ2) is 7.25. The SMILES string of the molecule is CC(C)(C)c1nn(-c2ccccc2)c(N=[N+]=[N-])c1C=Nc1ccccc1. The predicted molar refractivity (Wildman–Crippen MR) is 105 cm³/mol. The molecule has 0 saturated carbocycles. The van der Waals surface area contributed by atoms with Gasteiger partial charge in [0.05, 0.1) is 17.1 Å². The third-order valence-electron chi connectivity index (χ3n) is 3.85. The van der Waals surface area contributed by atoms with Crippen LogP contribution in [0, 0.1) is 0 Å². The van der Waals surface area contributed by atoms with Gasteiger partial charge in [-0.15, -0.1) is 0 Å². The van der Waals surface area contributed by atoms with Crippen LogP contribution in [0.4, 0.5) is 11.5 Å². The largest absolute Gasteiger partial charge is 0.256 e. The van der Waals surface area contributed by atoms with E-state index in [0.29, 0.717) is 5.82 Å². The number of para-hydroxylation sites is 2. The zero-order valence-corrected chi connectivity index (χ0v) is 15.0. The highest BCUT2D eigenvalue weighted by Crippen LogP contribution is 2.33. The number of rotatable bonds is 4. The Hall–Kier alpha value is -3.37. The van der Waals surface area contributed by atoms with Crippen LogP contribution in [0.15, 0.2) is 70.8 Å². The summed E-state index contributed by atoms with van der Waals surface area (Å²) in [6.07, 6.45) is 1.73. The van der Waals surface area contributed by atoms with Crippen LogP contribution in [0.1, 0.15) is 32.0 Å². The highest BCUT2D eigenvalue weighted by atomic mass is 15.4. The van der Waals surface area contributed by atoms with Crippen molar-refractivity contribution in [3.63, 3.8) is 0 Å². The lowest BCUT2D eigenvalue weighted by Crippen LogP contribution is -2.14. The van der Waals surface area contributed by atoms with Crippen LogP contribution in [-0.2, 0) is 5.41 Å². The summed E-state index contributed by atoms with van der Waals surface area (Å²) in [5.74, 6) is 0.434. The van der Waals surface area contributed by atoms with E-state index in [0.717, 1.165) is 22.6 Å². The van der Waals surface area contributed by atoms with Gasteiger partial charge >= 0.3 is 0 Å². The molecule has 6 heteroatoms. The van der Waals surface area contributed by atoms with Crippen LogP contribution in [-0.4, -0.2) is 16.0 Å². The van der Waals surface area contributed by atoms with E-state index in [1.165, 1.54) is 0 Å². The van der Waals surface area contributed by atoms with Crippen LogP contribution in [0.5, 0.6) is 0 Å². The van der Waals surface area contributed by atoms with Crippen molar-refractivity contribution >= 4 is 17.7 Å². The van der Waals surface area contributed by atoms with Crippen molar-refractivity contribution < 1.29 is 0 Å². The third kappa shape index (κ3) is 3.66. The van der Waals surface area contributed by atoms with Crippen molar-refractivity contribution in [1.82, 2.24) is 9.78 Å². The Bertz CT molecular complexity index is 959. The summed E-state index contributed by atoms with van der Waals surface area (Å²) in [6.45, 7) is 6.22. The van der Waals surface area contributed by atoms with E-state index in [-0.39, 0.29) is 5.41 Å². The van der Waals surface area contributed by atoms with Crippen molar-refractivity contribution in [2.24, 2.45) is 10.1 Å². The molecule has 0 amide bonds. The van der Waals surface area contributed by atoms with Crippen molar-refractivity contribution in [2.75, 3.05) is 0 Å². The topological polar surface area (TPSA) is 78.9 Å². The van der Waals surface area contributed by atoms with Gasteiger partial charge in [0.2, 0.25) is 0 Å². The van der Waals surface area contributed by atoms with E-state index < -0.39 is 0 Å². The fourth-order valence-corrected chi connectivity index (χ4v) is 2.64. The molecule has 0 spiro atoms. The number of hydrogen-bond acceptors (Lipinski definition) is 3. The maximum atomic E-state index is 9.09. The molecule has 0 unspecified atom stereocenters. The first kappa shape index (κ1) is 17.5. The minimum Gasteiger partial charge on any atom is -0.256 e. The molecule has 0 fully saturated rings. The molecule has 6 nitrogen and oxygen atoms in total. The second-order valence-corrected chi connectivity index (χ2v) is 6.87. The zero-order valence-electron chi connectivity index (χ0n) is 15.0. The number of benzene rings is 2. The van der Waals surface area contributed by atoms with Crippen molar-refractivity contribution in [3.05, 3.63) is 82.4 Å². The fourth-order valence-electron chi connectivity index (χ4n) is 2.64. The molecule has 0 aliphatic carbocycles. The minimum atomic E-state index is -0.238. The smallest absolute Gasteiger partial charge is 0.139 e. The average molecular weight is 344 g/mol. The summed E-state index contributed by atoms with van der Waals surface area (Å²) in [5.41, 5.74) is 12.1. The molecule has 3 rings (SSSR count). The summed E-state index contributed by atoms with van der Waals surface area (Å²) in [5, 5.41) is 8.66. The third-order valence-corrected chi connectivity index (χ3v) is 3.85. The van der Waals surface area contributed by atoms with E-state index in [9.17, 15) is 0 Å². The van der Waals surface area contributed by atoms with Gasteiger partial charge in [-0.3, -0.25) is 4.99 Å². The predicted octanol–water partition coefficient (Wildman–Crippen LogP) is 5.86. The molecule has 1 aromatic heterocycles. The lowest BCUT2D eigenvalue weighted by Gasteiger charge is -2.16. The molecule has 130 valence electrons. The summed E-state index contributed by atoms with van der Waals surface area (Å²) in [7, 11) is 0. The zero-order chi connectivity index (χ0) is 18.6. The molecule has 26 heavy (non-hydrogen) atoms. The molecule has 0 atom stereocenters. The van der Waals surface area contributed by atoms with E-state index in [1.807, 2.05) is 60.7 Å². The van der Waals surface area contributed by atoms with Crippen molar-refractivity contribution in [3.8, 4) is 5.69 Å². The molecule has 0 N–H and O–H groups in total. The normalized spacial score (nSPS) is 11.5. The molecule has 0 bridgehead atoms. The van der Waals surface area contributed by atoms with E-state index >= 15 is 0 Å². The van der Waals surface area contributed by atoms with Gasteiger partial charge in [-0.2, -0.15) is 5.10 Å². The number of aromatic nitrogens is 2. The summed E-state index contributed by atoms with van der Waals surface area (Å²) in [6, 6.07) is 19.3. The second-order valence-electron chi connectivity index (χ2n) is 6.87. The maximum absolute atomic E-state index is 9.09. The highest BCUT2D eigenvalue weighted by molar-refractivity contribution is 5.89. The molecule has 1 heterocycles. The van der Waals surface area contributed by atoms with Gasteiger partial charge in [0.1, 0.15) is 5.82 Å². The van der Waals surface area contributed by atoms with E-state index in [1.54, 1.807) is 10.9 Å². The van der Waals surface area contributed by atoms with Crippen LogP contribution in [0.2, 0.25) is 0 Å². The van der Waals surface area contributed by atoms with E-state index in [4.69, 9.17) is 10.6 Å². The molecule has 0 aliphatic heterocycles. The summed E-state index contributed by atoms with van der Waals surface area (Å²) >= 11 is 0. The first-order valence-electron chi connectivity index (χ1n) is 8.34. The fraction of sp³-hybridized carbons (Fsp3) is 0.200. The van der Waals surface area contributed by atoms with Gasteiger partial charge in [0.15, 0.2) is 0 Å². The van der Waals surface area contributed by atoms with Crippen LogP contribution >= 0.6 is 0 Å². The van der Waals surface area contributed by atoms with Crippen LogP contribution in [0.25, 0.3) is 16.1 Å². The molecule has 0 radical (unpaired) electrons. The Morgan fingerprint density at radius 3 is 2.19 bits per heavy atom. The van der Waals surface area contributed by atoms with Crippen LogP contribution < -0.4 is 0 Å². The Morgan fingerprint density at radius 2 is 1.62 bits per heavy atom. The Kier molecular flexibility index (Phi) is 4.87. The molecule has 3 aromatic rings. The van der Waals surface area contributed by atoms with Crippen molar-refractivity contribution in [1.29, 1.82) is 0 Å². The van der Waals surface area contributed by atoms with Crippen molar-refractivity contribution in [2.45, 2.75) is 26.2 Å². The van der Waals surface area contributed by atoms with Gasteiger partial charge in [-0.1, -0.05) is 57.2 Å². The Balaban J connectivity index is 2.22. The van der Waals surface area contributed by atoms with Gasteiger partial charge in [-0.25, -0.2) is 4.68 Å². The number of nitrogens with zero attached hydrogens (tertiary/aromatic N) is 6. The van der Waals surface area contributed by atoms with Gasteiger partial charge < -0.3 is 0 Å². The number of azide groups is 1. The Morgan fingerprint density at radius 1 is 1.00 bits per heavy atom. The highest BCUT2D eigenvalue weighted by Gasteiger charge is 2.26. The Labute approximate surface area is 152 Å². The standard InChI is InChI=1S/C20H20N6/c1-20(2,3)18-17(14-22-15-10-6-4-7-11-15)19(23-25-21)26(24-18)16-12-8-5-9-13-16/h4-14H,1-3H3. The lowest BCUT2D eigenvalue weighted by molar-refractivity contribution is 0.560. The average Bonchev–Trinajstić information content (AvgIpc) is 3.01. The summed E-state index contributed by atoms with van der Waals surface area (Å²) < 4.78 is 1.67. The number of aliphatic imine (C=N–C) groups is 1. The molecule has 2 aromatic carbocycles. The van der Waals surface area contributed by atoms with Gasteiger partial charge in [-0.05, 0) is 34.9 Å². The monoisotopic (exact) mass is 344 g/mol. The van der Waals surface area contributed by atoms with Gasteiger partial charge in [0.25, 0.3) is 0 Å². The molecule has 0 saturated heterocycles. The number of hydrogen-bond donors (Lipinski definition) is 0. The maximum Gasteiger partial charge on any atom is 0.139 e. The molecular weight excluding hydrogens is 324 g/mol.